The van der Waals surface area contributed by atoms with Gasteiger partial charge in [0, 0.05) is 16.6 Å². The predicted molar refractivity (Wildman–Crippen MR) is 76.2 cm³/mol. The number of hydrogen-bond donors (Lipinski definition) is 2. The molecule has 19 heavy (non-hydrogen) atoms. The van der Waals surface area contributed by atoms with Crippen molar-refractivity contribution < 1.29 is 4.79 Å². The van der Waals surface area contributed by atoms with Crippen molar-refractivity contribution in [3.63, 3.8) is 0 Å². The van der Waals surface area contributed by atoms with Gasteiger partial charge < -0.3 is 5.32 Å². The van der Waals surface area contributed by atoms with E-state index in [2.05, 4.69) is 15.3 Å². The van der Waals surface area contributed by atoms with Crippen molar-refractivity contribution in [2.75, 3.05) is 5.32 Å². The molecule has 0 fully saturated rings. The molecule has 0 aliphatic rings. The molecule has 0 aliphatic heterocycles. The smallest absolute Gasteiger partial charge is 0.274 e. The number of nitrogens with zero attached hydrogens (tertiary/aromatic N) is 2. The van der Waals surface area contributed by atoms with Gasteiger partial charge in [0.15, 0.2) is 0 Å². The van der Waals surface area contributed by atoms with E-state index < -0.39 is 0 Å². The van der Waals surface area contributed by atoms with Gasteiger partial charge in [-0.3, -0.25) is 9.93 Å². The van der Waals surface area contributed by atoms with Crippen molar-refractivity contribution in [3.05, 3.63) is 47.0 Å². The van der Waals surface area contributed by atoms with Crippen LogP contribution in [-0.2, 0) is 0 Å². The number of carbonyl (C=O) groups excluding carboxylic acids is 1. The Hall–Kier alpha value is -1.63. The molecule has 0 spiro atoms. The fourth-order valence-electron chi connectivity index (χ4n) is 1.49. The van der Waals surface area contributed by atoms with Crippen LogP contribution < -0.4 is 10.5 Å². The van der Waals surface area contributed by atoms with Gasteiger partial charge in [-0.25, -0.2) is 9.97 Å². The molecule has 7 heteroatoms. The Bertz CT molecular complexity index is 620. The van der Waals surface area contributed by atoms with E-state index in [1.807, 2.05) is 19.1 Å². The number of aryl methyl sites for hydroxylation is 1. The molecule has 2 aromatic rings. The molecule has 0 saturated carbocycles. The standard InChI is InChI=1S/C12H11ClN4OS/c1-7-4-8(19-14)2-3-9(7)17-12(18)10-5-11(13)16-6-15-10/h2-6H,14H2,1H3,(H,17,18). The van der Waals surface area contributed by atoms with Gasteiger partial charge >= 0.3 is 0 Å². The summed E-state index contributed by atoms with van der Waals surface area (Å²) in [6.45, 7) is 1.89. The molecule has 98 valence electrons. The molecule has 3 N–H and O–H groups in total. The zero-order valence-corrected chi connectivity index (χ0v) is 11.6. The van der Waals surface area contributed by atoms with Gasteiger partial charge in [0.2, 0.25) is 0 Å². The largest absolute Gasteiger partial charge is 0.320 e. The van der Waals surface area contributed by atoms with Crippen LogP contribution in [0.1, 0.15) is 16.1 Å². The van der Waals surface area contributed by atoms with Crippen molar-refractivity contribution in [2.24, 2.45) is 5.14 Å². The highest BCUT2D eigenvalue weighted by Gasteiger charge is 2.10. The van der Waals surface area contributed by atoms with Crippen LogP contribution in [0.15, 0.2) is 35.5 Å². The van der Waals surface area contributed by atoms with Crippen LogP contribution in [-0.4, -0.2) is 15.9 Å². The van der Waals surface area contributed by atoms with E-state index in [1.165, 1.54) is 12.4 Å². The third-order valence-corrected chi connectivity index (χ3v) is 3.18. The summed E-state index contributed by atoms with van der Waals surface area (Å²) in [6, 6.07) is 6.94. The Balaban J connectivity index is 2.19. The Morgan fingerprint density at radius 1 is 1.37 bits per heavy atom. The monoisotopic (exact) mass is 294 g/mol. The first-order valence-corrected chi connectivity index (χ1v) is 6.62. The summed E-state index contributed by atoms with van der Waals surface area (Å²) >= 11 is 6.87. The van der Waals surface area contributed by atoms with Crippen molar-refractivity contribution in [1.29, 1.82) is 0 Å². The summed E-state index contributed by atoms with van der Waals surface area (Å²) in [7, 11) is 0. The van der Waals surface area contributed by atoms with E-state index in [0.717, 1.165) is 22.4 Å². The SMILES string of the molecule is Cc1cc(SN)ccc1NC(=O)c1cc(Cl)ncn1. The molecule has 1 heterocycles. The third kappa shape index (κ3) is 3.44. The second kappa shape index (κ2) is 6.01. The van der Waals surface area contributed by atoms with Crippen LogP contribution in [0.2, 0.25) is 5.15 Å². The minimum Gasteiger partial charge on any atom is -0.320 e. The zero-order valence-electron chi connectivity index (χ0n) is 10.1. The summed E-state index contributed by atoms with van der Waals surface area (Å²) < 4.78 is 0. The first kappa shape index (κ1) is 13.8. The van der Waals surface area contributed by atoms with Crippen LogP contribution in [0.25, 0.3) is 0 Å². The van der Waals surface area contributed by atoms with E-state index in [0.29, 0.717) is 5.69 Å². The molecule has 0 radical (unpaired) electrons. The number of halogens is 1. The first-order chi connectivity index (χ1) is 9.10. The van der Waals surface area contributed by atoms with Gasteiger partial charge in [-0.2, -0.15) is 0 Å². The molecule has 0 atom stereocenters. The summed E-state index contributed by atoms with van der Waals surface area (Å²) in [4.78, 5) is 20.5. The molecule has 0 saturated heterocycles. The summed E-state index contributed by atoms with van der Waals surface area (Å²) in [5.74, 6) is -0.333. The molecule has 2 rings (SSSR count). The average molecular weight is 295 g/mol. The highest BCUT2D eigenvalue weighted by Crippen LogP contribution is 2.21. The van der Waals surface area contributed by atoms with E-state index in [1.54, 1.807) is 6.07 Å². The number of carbonyl (C=O) groups is 1. The fourth-order valence-corrected chi connectivity index (χ4v) is 2.03. The molecule has 0 unspecified atom stereocenters. The highest BCUT2D eigenvalue weighted by molar-refractivity contribution is 7.97. The number of rotatable bonds is 3. The number of nitrogens with two attached hydrogens (primary N) is 1. The molecule has 0 bridgehead atoms. The van der Waals surface area contributed by atoms with Crippen LogP contribution in [0.4, 0.5) is 5.69 Å². The minimum atomic E-state index is -0.333. The normalized spacial score (nSPS) is 10.3. The topological polar surface area (TPSA) is 80.9 Å². The van der Waals surface area contributed by atoms with Gasteiger partial charge in [-0.15, -0.1) is 0 Å². The van der Waals surface area contributed by atoms with Crippen LogP contribution in [0.3, 0.4) is 0 Å². The number of aromatic nitrogens is 2. The Morgan fingerprint density at radius 3 is 2.79 bits per heavy atom. The molecule has 1 amide bonds. The summed E-state index contributed by atoms with van der Waals surface area (Å²) in [5.41, 5.74) is 1.85. The second-order valence-corrected chi connectivity index (χ2v) is 4.87. The minimum absolute atomic E-state index is 0.219. The summed E-state index contributed by atoms with van der Waals surface area (Å²) in [5, 5.41) is 8.47. The van der Waals surface area contributed by atoms with Crippen LogP contribution in [0.5, 0.6) is 0 Å². The molecule has 0 aliphatic carbocycles. The van der Waals surface area contributed by atoms with Crippen LogP contribution >= 0.6 is 23.5 Å². The van der Waals surface area contributed by atoms with E-state index in [-0.39, 0.29) is 16.8 Å². The highest BCUT2D eigenvalue weighted by atomic mass is 35.5. The molecule has 1 aromatic heterocycles. The molecular formula is C12H11ClN4OS. The van der Waals surface area contributed by atoms with Gasteiger partial charge in [0.25, 0.3) is 5.91 Å². The lowest BCUT2D eigenvalue weighted by molar-refractivity contribution is 0.102. The van der Waals surface area contributed by atoms with Crippen molar-refractivity contribution >= 4 is 35.1 Å². The van der Waals surface area contributed by atoms with Gasteiger partial charge in [-0.05, 0) is 42.6 Å². The molecule has 5 nitrogen and oxygen atoms in total. The Labute approximate surface area is 119 Å². The maximum Gasteiger partial charge on any atom is 0.274 e. The second-order valence-electron chi connectivity index (χ2n) is 3.77. The zero-order chi connectivity index (χ0) is 13.8. The van der Waals surface area contributed by atoms with Gasteiger partial charge in [0.05, 0.1) is 0 Å². The first-order valence-electron chi connectivity index (χ1n) is 5.36. The van der Waals surface area contributed by atoms with Crippen molar-refractivity contribution in [1.82, 2.24) is 9.97 Å². The Kier molecular flexibility index (Phi) is 4.36. The Morgan fingerprint density at radius 2 is 2.16 bits per heavy atom. The number of nitrogens with one attached hydrogen (secondary N) is 1. The lowest BCUT2D eigenvalue weighted by atomic mass is 10.2. The maximum atomic E-state index is 12.0. The molecular weight excluding hydrogens is 284 g/mol. The quantitative estimate of drug-likeness (QED) is 0.672. The maximum absolute atomic E-state index is 12.0. The van der Waals surface area contributed by atoms with Crippen LogP contribution in [0, 0.1) is 6.92 Å². The number of hydrogen-bond acceptors (Lipinski definition) is 5. The third-order valence-electron chi connectivity index (χ3n) is 2.45. The predicted octanol–water partition coefficient (Wildman–Crippen LogP) is 2.66. The van der Waals surface area contributed by atoms with Crippen molar-refractivity contribution in [3.8, 4) is 0 Å². The molecule has 1 aromatic carbocycles. The fraction of sp³-hybridized carbons (Fsp3) is 0.0833. The van der Waals surface area contributed by atoms with Crippen molar-refractivity contribution in [2.45, 2.75) is 11.8 Å². The van der Waals surface area contributed by atoms with E-state index >= 15 is 0 Å². The number of benzene rings is 1. The summed E-state index contributed by atoms with van der Waals surface area (Å²) in [6.07, 6.45) is 1.25. The average Bonchev–Trinajstić information content (AvgIpc) is 2.41. The van der Waals surface area contributed by atoms with Gasteiger partial charge in [-0.1, -0.05) is 11.6 Å². The van der Waals surface area contributed by atoms with E-state index in [9.17, 15) is 4.79 Å². The number of amides is 1. The van der Waals surface area contributed by atoms with Gasteiger partial charge in [0.1, 0.15) is 17.2 Å². The lowest BCUT2D eigenvalue weighted by Crippen LogP contribution is -2.14. The number of anilines is 1. The lowest BCUT2D eigenvalue weighted by Gasteiger charge is -2.09. The van der Waals surface area contributed by atoms with E-state index in [4.69, 9.17) is 16.7 Å².